The van der Waals surface area contributed by atoms with Crippen LogP contribution in [0.3, 0.4) is 0 Å². The van der Waals surface area contributed by atoms with Gasteiger partial charge in [0.15, 0.2) is 0 Å². The molecule has 0 fully saturated rings. The van der Waals surface area contributed by atoms with Gasteiger partial charge in [0.05, 0.1) is 0 Å². The molecule has 0 saturated heterocycles. The number of benzene rings is 1. The van der Waals surface area contributed by atoms with Crippen LogP contribution in [0.4, 0.5) is 4.39 Å². The van der Waals surface area contributed by atoms with Crippen LogP contribution in [0.15, 0.2) is 18.2 Å². The highest BCUT2D eigenvalue weighted by molar-refractivity contribution is 5.94. The summed E-state index contributed by atoms with van der Waals surface area (Å²) in [5, 5.41) is 11.6. The summed E-state index contributed by atoms with van der Waals surface area (Å²) in [6.45, 7) is 4.41. The predicted molar refractivity (Wildman–Crippen MR) is 69.0 cm³/mol. The van der Waals surface area contributed by atoms with Crippen LogP contribution in [0.25, 0.3) is 0 Å². The van der Waals surface area contributed by atoms with E-state index in [-0.39, 0.29) is 18.4 Å². The summed E-state index contributed by atoms with van der Waals surface area (Å²) in [6.07, 6.45) is 1.67. The van der Waals surface area contributed by atoms with Gasteiger partial charge >= 0.3 is 0 Å². The van der Waals surface area contributed by atoms with Gasteiger partial charge in [-0.15, -0.1) is 0 Å². The minimum Gasteiger partial charge on any atom is -0.396 e. The van der Waals surface area contributed by atoms with Crippen molar-refractivity contribution in [1.82, 2.24) is 5.32 Å². The third-order valence-corrected chi connectivity index (χ3v) is 2.78. The highest BCUT2D eigenvalue weighted by Crippen LogP contribution is 2.08. The molecule has 2 N–H and O–H groups in total. The van der Waals surface area contributed by atoms with Crippen LogP contribution in [-0.2, 0) is 0 Å². The second-order valence-corrected chi connectivity index (χ2v) is 4.70. The van der Waals surface area contributed by atoms with Gasteiger partial charge in [-0.2, -0.15) is 0 Å². The average Bonchev–Trinajstić information content (AvgIpc) is 2.32. The molecule has 0 aliphatic rings. The maximum Gasteiger partial charge on any atom is 0.251 e. The molecule has 1 rings (SSSR count). The number of aryl methyl sites for hydroxylation is 1. The van der Waals surface area contributed by atoms with Gasteiger partial charge in [0.2, 0.25) is 0 Å². The quantitative estimate of drug-likeness (QED) is 0.764. The van der Waals surface area contributed by atoms with Crippen LogP contribution >= 0.6 is 0 Å². The van der Waals surface area contributed by atoms with E-state index in [2.05, 4.69) is 5.32 Å². The summed E-state index contributed by atoms with van der Waals surface area (Å²) in [5.41, 5.74) is 1.08. The minimum absolute atomic E-state index is 0.164. The van der Waals surface area contributed by atoms with Crippen LogP contribution < -0.4 is 5.32 Å². The van der Waals surface area contributed by atoms with E-state index < -0.39 is 5.82 Å². The Hall–Kier alpha value is -1.42. The van der Waals surface area contributed by atoms with Gasteiger partial charge in [0.1, 0.15) is 5.82 Å². The normalized spacial score (nSPS) is 12.2. The topological polar surface area (TPSA) is 49.3 Å². The monoisotopic (exact) mass is 253 g/mol. The van der Waals surface area contributed by atoms with E-state index in [1.54, 1.807) is 13.0 Å². The summed E-state index contributed by atoms with van der Waals surface area (Å²) in [7, 11) is 0. The number of carbonyl (C=O) groups is 1. The summed E-state index contributed by atoms with van der Waals surface area (Å²) >= 11 is 0. The molecule has 18 heavy (non-hydrogen) atoms. The van der Waals surface area contributed by atoms with E-state index >= 15 is 0 Å². The number of rotatable bonds is 6. The van der Waals surface area contributed by atoms with Gasteiger partial charge in [-0.25, -0.2) is 4.39 Å². The van der Waals surface area contributed by atoms with Crippen molar-refractivity contribution in [3.63, 3.8) is 0 Å². The van der Waals surface area contributed by atoms with Crippen molar-refractivity contribution in [1.29, 1.82) is 0 Å². The predicted octanol–water partition coefficient (Wildman–Crippen LogP) is 2.27. The number of hydrogen-bond acceptors (Lipinski definition) is 2. The first-order chi connectivity index (χ1) is 8.52. The molecule has 100 valence electrons. The Morgan fingerprint density at radius 1 is 1.44 bits per heavy atom. The molecule has 3 nitrogen and oxygen atoms in total. The molecule has 4 heteroatoms. The zero-order valence-electron chi connectivity index (χ0n) is 10.9. The average molecular weight is 253 g/mol. The Labute approximate surface area is 107 Å². The Kier molecular flexibility index (Phi) is 5.78. The Balaban J connectivity index is 2.41. The first-order valence-corrected chi connectivity index (χ1v) is 6.19. The second-order valence-electron chi connectivity index (χ2n) is 4.70. The fourth-order valence-corrected chi connectivity index (χ4v) is 1.71. The molecule has 0 saturated carbocycles. The maximum atomic E-state index is 13.1. The zero-order chi connectivity index (χ0) is 13.5. The number of aliphatic hydroxyl groups is 1. The van der Waals surface area contributed by atoms with Gasteiger partial charge in [-0.05, 0) is 49.4 Å². The van der Waals surface area contributed by atoms with E-state index in [1.807, 2.05) is 6.92 Å². The molecule has 1 aromatic rings. The molecule has 0 spiro atoms. The van der Waals surface area contributed by atoms with Gasteiger partial charge in [0, 0.05) is 18.7 Å². The lowest BCUT2D eigenvalue weighted by molar-refractivity contribution is 0.0951. The molecule has 1 aromatic carbocycles. The minimum atomic E-state index is -0.394. The first kappa shape index (κ1) is 14.6. The number of hydrogen-bond donors (Lipinski definition) is 2. The molecular formula is C14H20FNO2. The summed E-state index contributed by atoms with van der Waals surface area (Å²) in [6, 6.07) is 4.28. The lowest BCUT2D eigenvalue weighted by Gasteiger charge is -2.09. The van der Waals surface area contributed by atoms with Crippen LogP contribution in [-0.4, -0.2) is 24.2 Å². The fourth-order valence-electron chi connectivity index (χ4n) is 1.71. The third kappa shape index (κ3) is 4.84. The van der Waals surface area contributed by atoms with Crippen molar-refractivity contribution in [2.75, 3.05) is 13.2 Å². The third-order valence-electron chi connectivity index (χ3n) is 2.78. The summed E-state index contributed by atoms with van der Waals surface area (Å²) < 4.78 is 13.1. The largest absolute Gasteiger partial charge is 0.396 e. The Bertz CT molecular complexity index is 387. The zero-order valence-corrected chi connectivity index (χ0v) is 10.9. The number of amides is 1. The summed E-state index contributed by atoms with van der Waals surface area (Å²) in [5.74, 6) is -0.401. The van der Waals surface area contributed by atoms with Crippen molar-refractivity contribution < 1.29 is 14.3 Å². The van der Waals surface area contributed by atoms with E-state index in [0.29, 0.717) is 12.1 Å². The molecule has 1 unspecified atom stereocenters. The van der Waals surface area contributed by atoms with Crippen LogP contribution in [0, 0.1) is 18.7 Å². The van der Waals surface area contributed by atoms with Gasteiger partial charge in [-0.3, -0.25) is 4.79 Å². The molecule has 0 bridgehead atoms. The molecule has 0 radical (unpaired) electrons. The van der Waals surface area contributed by atoms with Gasteiger partial charge in [0.25, 0.3) is 5.91 Å². The molecule has 1 amide bonds. The van der Waals surface area contributed by atoms with E-state index in [4.69, 9.17) is 5.11 Å². The molecule has 0 aromatic heterocycles. The molecule has 0 aliphatic carbocycles. The molecule has 0 heterocycles. The van der Waals surface area contributed by atoms with Crippen molar-refractivity contribution in [3.05, 3.63) is 35.1 Å². The van der Waals surface area contributed by atoms with Gasteiger partial charge < -0.3 is 10.4 Å². The van der Waals surface area contributed by atoms with Crippen LogP contribution in [0.2, 0.25) is 0 Å². The maximum absolute atomic E-state index is 13.1. The highest BCUT2D eigenvalue weighted by atomic mass is 19.1. The van der Waals surface area contributed by atoms with Crippen LogP contribution in [0.1, 0.15) is 35.7 Å². The first-order valence-electron chi connectivity index (χ1n) is 6.19. The second kappa shape index (κ2) is 7.11. The lowest BCUT2D eigenvalue weighted by Crippen LogP contribution is -2.25. The molecule has 0 aliphatic heterocycles. The summed E-state index contributed by atoms with van der Waals surface area (Å²) in [4.78, 5) is 11.7. The molecular weight excluding hydrogens is 233 g/mol. The van der Waals surface area contributed by atoms with Crippen molar-refractivity contribution in [2.45, 2.75) is 26.7 Å². The number of nitrogens with one attached hydrogen (secondary N) is 1. The highest BCUT2D eigenvalue weighted by Gasteiger charge is 2.07. The van der Waals surface area contributed by atoms with Crippen molar-refractivity contribution >= 4 is 5.91 Å². The molecule has 1 atom stereocenters. The smallest absolute Gasteiger partial charge is 0.251 e. The van der Waals surface area contributed by atoms with E-state index in [1.165, 1.54) is 12.1 Å². The van der Waals surface area contributed by atoms with Crippen molar-refractivity contribution in [3.8, 4) is 0 Å². The number of halogens is 1. The van der Waals surface area contributed by atoms with Gasteiger partial charge in [-0.1, -0.05) is 6.92 Å². The standard InChI is InChI=1S/C14H20FNO2/c1-10(9-17)4-3-5-16-14(18)12-6-11(2)7-13(15)8-12/h6-8,10,17H,3-5,9H2,1-2H3,(H,16,18). The SMILES string of the molecule is Cc1cc(F)cc(C(=O)NCCCC(C)CO)c1. The lowest BCUT2D eigenvalue weighted by atomic mass is 10.1. The number of aliphatic hydroxyl groups excluding tert-OH is 1. The van der Waals surface area contributed by atoms with Crippen molar-refractivity contribution in [2.24, 2.45) is 5.92 Å². The van der Waals surface area contributed by atoms with E-state index in [0.717, 1.165) is 18.4 Å². The fraction of sp³-hybridized carbons (Fsp3) is 0.500. The number of carbonyl (C=O) groups excluding carboxylic acids is 1. The Morgan fingerprint density at radius 2 is 2.17 bits per heavy atom. The van der Waals surface area contributed by atoms with E-state index in [9.17, 15) is 9.18 Å². The Morgan fingerprint density at radius 3 is 2.78 bits per heavy atom. The van der Waals surface area contributed by atoms with Crippen LogP contribution in [0.5, 0.6) is 0 Å².